The first-order chi connectivity index (χ1) is 19.6. The second-order valence-corrected chi connectivity index (χ2v) is 11.0. The van der Waals surface area contributed by atoms with Crippen molar-refractivity contribution in [3.63, 3.8) is 0 Å². The first kappa shape index (κ1) is 34.2. The molecule has 1 aliphatic rings. The SMILES string of the molecule is CC[C@H](C)[C@H](NC(=O)CC[C@@H]1NC(=O)[C@H](CCC(=O)O)NC(=O)[C@H](Cc2ccc(OP(=O)(O)O)cc2)NC1=O)C(=O)O. The molecule has 0 spiro atoms. The topological polar surface area (TPSA) is 258 Å². The summed E-state index contributed by atoms with van der Waals surface area (Å²) < 4.78 is 15.5. The molecule has 17 heteroatoms. The molecule has 0 saturated carbocycles. The smallest absolute Gasteiger partial charge is 0.481 e. The predicted molar refractivity (Wildman–Crippen MR) is 144 cm³/mol. The van der Waals surface area contributed by atoms with Crippen molar-refractivity contribution in [2.75, 3.05) is 0 Å². The van der Waals surface area contributed by atoms with E-state index in [0.29, 0.717) is 12.0 Å². The molecule has 232 valence electrons. The number of carboxylic acid groups (broad SMARTS) is 2. The van der Waals surface area contributed by atoms with Crippen LogP contribution in [-0.2, 0) is 39.8 Å². The Labute approximate surface area is 240 Å². The average molecular weight is 615 g/mol. The van der Waals surface area contributed by atoms with Gasteiger partial charge in [0.2, 0.25) is 23.6 Å². The van der Waals surface area contributed by atoms with Crippen LogP contribution in [0.3, 0.4) is 0 Å². The maximum absolute atomic E-state index is 13.2. The molecule has 42 heavy (non-hydrogen) atoms. The van der Waals surface area contributed by atoms with Gasteiger partial charge in [-0.3, -0.25) is 33.8 Å². The molecule has 1 aliphatic heterocycles. The van der Waals surface area contributed by atoms with Gasteiger partial charge in [-0.2, -0.15) is 0 Å². The Morgan fingerprint density at radius 3 is 1.88 bits per heavy atom. The van der Waals surface area contributed by atoms with Gasteiger partial charge in [-0.25, -0.2) is 9.36 Å². The molecule has 0 bridgehead atoms. The minimum atomic E-state index is -4.80. The number of phosphoric ester groups is 1. The van der Waals surface area contributed by atoms with Crippen LogP contribution in [0.25, 0.3) is 0 Å². The summed E-state index contributed by atoms with van der Waals surface area (Å²) in [6.45, 7) is 3.42. The summed E-state index contributed by atoms with van der Waals surface area (Å²) in [4.78, 5) is 92.3. The van der Waals surface area contributed by atoms with E-state index in [-0.39, 0.29) is 37.4 Å². The van der Waals surface area contributed by atoms with Crippen molar-refractivity contribution in [3.05, 3.63) is 29.8 Å². The van der Waals surface area contributed by atoms with Gasteiger partial charge in [-0.1, -0.05) is 32.4 Å². The third-order valence-corrected chi connectivity index (χ3v) is 7.04. The van der Waals surface area contributed by atoms with Crippen LogP contribution < -0.4 is 25.8 Å². The normalized spacial score (nSPS) is 20.9. The average Bonchev–Trinajstić information content (AvgIpc) is 2.93. The molecule has 1 fully saturated rings. The number of rotatable bonds is 14. The van der Waals surface area contributed by atoms with Crippen molar-refractivity contribution < 1.29 is 57.9 Å². The Morgan fingerprint density at radius 1 is 0.905 bits per heavy atom. The van der Waals surface area contributed by atoms with Gasteiger partial charge in [0.05, 0.1) is 0 Å². The molecule has 0 radical (unpaired) electrons. The van der Waals surface area contributed by atoms with Gasteiger partial charge in [-0.05, 0) is 36.5 Å². The molecule has 16 nitrogen and oxygen atoms in total. The minimum Gasteiger partial charge on any atom is -0.481 e. The van der Waals surface area contributed by atoms with E-state index in [0.717, 1.165) is 0 Å². The van der Waals surface area contributed by atoms with E-state index >= 15 is 0 Å². The van der Waals surface area contributed by atoms with Gasteiger partial charge in [-0.15, -0.1) is 0 Å². The number of phosphoric acid groups is 1. The van der Waals surface area contributed by atoms with Crippen molar-refractivity contribution in [2.24, 2.45) is 5.92 Å². The van der Waals surface area contributed by atoms with Crippen molar-refractivity contribution in [1.29, 1.82) is 0 Å². The highest BCUT2D eigenvalue weighted by Crippen LogP contribution is 2.37. The number of carbonyl (C=O) groups excluding carboxylic acids is 4. The Balaban J connectivity index is 2.24. The van der Waals surface area contributed by atoms with Crippen molar-refractivity contribution in [2.45, 2.75) is 76.5 Å². The second-order valence-electron chi connectivity index (χ2n) is 9.85. The lowest BCUT2D eigenvalue weighted by Gasteiger charge is -2.22. The van der Waals surface area contributed by atoms with Crippen LogP contribution in [0.2, 0.25) is 0 Å². The largest absolute Gasteiger partial charge is 0.524 e. The second kappa shape index (κ2) is 15.3. The van der Waals surface area contributed by atoms with Gasteiger partial charge in [0, 0.05) is 19.3 Å². The zero-order chi connectivity index (χ0) is 31.6. The summed E-state index contributed by atoms with van der Waals surface area (Å²) >= 11 is 0. The Kier molecular flexibility index (Phi) is 12.4. The lowest BCUT2D eigenvalue weighted by atomic mass is 9.99. The van der Waals surface area contributed by atoms with Crippen LogP contribution in [0.15, 0.2) is 24.3 Å². The maximum atomic E-state index is 13.2. The van der Waals surface area contributed by atoms with Gasteiger partial charge in [0.15, 0.2) is 0 Å². The number of amides is 4. The zero-order valence-corrected chi connectivity index (χ0v) is 23.8. The molecular weight excluding hydrogens is 579 g/mol. The van der Waals surface area contributed by atoms with E-state index in [9.17, 15) is 38.4 Å². The number of hydrogen-bond donors (Lipinski definition) is 8. The molecule has 0 aromatic heterocycles. The van der Waals surface area contributed by atoms with Crippen molar-refractivity contribution in [1.82, 2.24) is 21.3 Å². The molecule has 1 saturated heterocycles. The monoisotopic (exact) mass is 614 g/mol. The Bertz CT molecular complexity index is 1220. The molecule has 5 atom stereocenters. The standard InChI is InChI=1S/C25H35N4O12P/c1-3-13(2)21(25(36)37)29-19(30)10-8-16-23(34)28-18(12-14-4-6-15(7-5-14)41-42(38,39)40)24(35)27-17(22(33)26-16)9-11-20(31)32/h4-7,13,16-18,21H,3,8-12H2,1-2H3,(H,26,33)(H,27,35)(H,28,34)(H,29,30)(H,31,32)(H,36,37)(H2,38,39,40)/t13-,16-,17-,18-,21-/m0/s1. The fourth-order valence-corrected chi connectivity index (χ4v) is 4.49. The van der Waals surface area contributed by atoms with Crippen LogP contribution in [0.5, 0.6) is 5.75 Å². The third kappa shape index (κ3) is 11.1. The van der Waals surface area contributed by atoms with Crippen LogP contribution in [0.1, 0.15) is 51.5 Å². The highest BCUT2D eigenvalue weighted by atomic mass is 31.2. The van der Waals surface area contributed by atoms with E-state index in [1.54, 1.807) is 13.8 Å². The number of nitrogens with one attached hydrogen (secondary N) is 4. The quantitative estimate of drug-likeness (QED) is 0.123. The summed E-state index contributed by atoms with van der Waals surface area (Å²) in [7, 11) is -4.80. The summed E-state index contributed by atoms with van der Waals surface area (Å²) in [5.41, 5.74) is 0.440. The zero-order valence-electron chi connectivity index (χ0n) is 22.9. The summed E-state index contributed by atoms with van der Waals surface area (Å²) in [6, 6.07) is 0.240. The van der Waals surface area contributed by atoms with E-state index in [4.69, 9.17) is 14.9 Å². The van der Waals surface area contributed by atoms with Gasteiger partial charge in [0.1, 0.15) is 29.9 Å². The minimum absolute atomic E-state index is 0.129. The van der Waals surface area contributed by atoms with E-state index in [1.165, 1.54) is 24.3 Å². The maximum Gasteiger partial charge on any atom is 0.524 e. The summed E-state index contributed by atoms with van der Waals surface area (Å²) in [5.74, 6) is -6.07. The van der Waals surface area contributed by atoms with Gasteiger partial charge >= 0.3 is 19.8 Å². The van der Waals surface area contributed by atoms with E-state index < -0.39 is 74.0 Å². The predicted octanol–water partition coefficient (Wildman–Crippen LogP) is -0.571. The highest BCUT2D eigenvalue weighted by molar-refractivity contribution is 7.46. The molecule has 1 aromatic carbocycles. The molecule has 2 rings (SSSR count). The number of benzene rings is 1. The first-order valence-electron chi connectivity index (χ1n) is 13.1. The fraction of sp³-hybridized carbons (Fsp3) is 0.520. The fourth-order valence-electron chi connectivity index (χ4n) is 4.10. The van der Waals surface area contributed by atoms with E-state index in [1.807, 2.05) is 0 Å². The number of carbonyl (C=O) groups is 6. The molecule has 8 N–H and O–H groups in total. The lowest BCUT2D eigenvalue weighted by molar-refractivity contribution is -0.143. The van der Waals surface area contributed by atoms with Crippen LogP contribution in [0, 0.1) is 5.92 Å². The molecule has 1 heterocycles. The lowest BCUT2D eigenvalue weighted by Crippen LogP contribution is -2.52. The number of aliphatic carboxylic acids is 2. The first-order valence-corrected chi connectivity index (χ1v) is 14.6. The summed E-state index contributed by atoms with van der Waals surface area (Å²) in [5, 5.41) is 28.3. The number of carboxylic acids is 2. The summed E-state index contributed by atoms with van der Waals surface area (Å²) in [6.07, 6.45) is -0.994. The molecular formula is C25H35N4O12P. The van der Waals surface area contributed by atoms with Crippen LogP contribution in [-0.4, -0.2) is 79.7 Å². The van der Waals surface area contributed by atoms with Gasteiger partial charge in [0.25, 0.3) is 0 Å². The van der Waals surface area contributed by atoms with Crippen LogP contribution in [0.4, 0.5) is 0 Å². The molecule has 1 aromatic rings. The van der Waals surface area contributed by atoms with Crippen molar-refractivity contribution >= 4 is 43.4 Å². The Morgan fingerprint density at radius 2 is 1.40 bits per heavy atom. The van der Waals surface area contributed by atoms with Gasteiger partial charge < -0.3 is 36.0 Å². The molecule has 4 amide bonds. The number of hydrogen-bond acceptors (Lipinski definition) is 8. The molecule has 0 aliphatic carbocycles. The third-order valence-electron chi connectivity index (χ3n) is 6.59. The van der Waals surface area contributed by atoms with Crippen molar-refractivity contribution in [3.8, 4) is 5.75 Å². The highest BCUT2D eigenvalue weighted by Gasteiger charge is 2.34. The molecule has 0 unspecified atom stereocenters. The van der Waals surface area contributed by atoms with E-state index in [2.05, 4.69) is 25.8 Å². The Hall–Kier alpha value is -4.01. The van der Waals surface area contributed by atoms with Crippen LogP contribution >= 0.6 is 7.82 Å².